The van der Waals surface area contributed by atoms with Crippen molar-refractivity contribution in [3.05, 3.63) is 0 Å². The van der Waals surface area contributed by atoms with E-state index in [0.29, 0.717) is 18.4 Å². The molecule has 0 aromatic rings. The normalized spacial score (nSPS) is 32.1. The number of rotatable bonds is 4. The maximum atomic E-state index is 12.1. The smallest absolute Gasteiger partial charge is 0.223 e. The maximum absolute atomic E-state index is 12.1. The van der Waals surface area contributed by atoms with Crippen LogP contribution in [0.3, 0.4) is 0 Å². The van der Waals surface area contributed by atoms with E-state index in [2.05, 4.69) is 19.2 Å². The van der Waals surface area contributed by atoms with Gasteiger partial charge in [-0.1, -0.05) is 27.7 Å². The van der Waals surface area contributed by atoms with Gasteiger partial charge < -0.3 is 10.4 Å². The Bertz CT molecular complexity index is 276. The minimum absolute atomic E-state index is 0.120. The van der Waals surface area contributed by atoms with Crippen molar-refractivity contribution < 1.29 is 9.90 Å². The third kappa shape index (κ3) is 4.27. The van der Waals surface area contributed by atoms with Crippen LogP contribution in [0.5, 0.6) is 0 Å². The molecule has 0 aliphatic heterocycles. The van der Waals surface area contributed by atoms with Gasteiger partial charge in [-0.15, -0.1) is 0 Å². The van der Waals surface area contributed by atoms with E-state index in [4.69, 9.17) is 0 Å². The molecule has 3 nitrogen and oxygen atoms in total. The molecule has 1 rings (SSSR count). The van der Waals surface area contributed by atoms with Gasteiger partial charge in [0.15, 0.2) is 0 Å². The van der Waals surface area contributed by atoms with E-state index >= 15 is 0 Å². The average Bonchev–Trinajstić information content (AvgIpc) is 2.24. The molecule has 3 atom stereocenters. The molecule has 0 aromatic carbocycles. The second-order valence-corrected chi connectivity index (χ2v) is 6.84. The molecule has 0 spiro atoms. The van der Waals surface area contributed by atoms with Crippen molar-refractivity contribution in [1.82, 2.24) is 5.32 Å². The molecule has 0 aromatic heterocycles. The van der Waals surface area contributed by atoms with Crippen molar-refractivity contribution in [3.63, 3.8) is 0 Å². The number of hydrogen-bond acceptors (Lipinski definition) is 2. The molecular weight excluding hydrogens is 226 g/mol. The van der Waals surface area contributed by atoms with Crippen LogP contribution in [-0.2, 0) is 4.79 Å². The molecule has 1 aliphatic rings. The summed E-state index contributed by atoms with van der Waals surface area (Å²) >= 11 is 0. The highest BCUT2D eigenvalue weighted by Gasteiger charge is 2.31. The van der Waals surface area contributed by atoms with Crippen LogP contribution in [0.2, 0.25) is 0 Å². The van der Waals surface area contributed by atoms with Crippen LogP contribution < -0.4 is 5.32 Å². The fourth-order valence-electron chi connectivity index (χ4n) is 2.78. The molecule has 0 radical (unpaired) electrons. The monoisotopic (exact) mass is 255 g/mol. The Balaban J connectivity index is 2.46. The molecule has 2 N–H and O–H groups in total. The van der Waals surface area contributed by atoms with Gasteiger partial charge in [0.1, 0.15) is 0 Å². The van der Waals surface area contributed by atoms with Crippen LogP contribution in [0.15, 0.2) is 0 Å². The maximum Gasteiger partial charge on any atom is 0.223 e. The average molecular weight is 255 g/mol. The van der Waals surface area contributed by atoms with Gasteiger partial charge in [0, 0.05) is 12.5 Å². The van der Waals surface area contributed by atoms with Crippen molar-refractivity contribution in [2.45, 2.75) is 59.5 Å². The Morgan fingerprint density at radius 1 is 1.28 bits per heavy atom. The fraction of sp³-hybridized carbons (Fsp3) is 0.933. The van der Waals surface area contributed by atoms with Gasteiger partial charge in [-0.05, 0) is 43.9 Å². The second-order valence-electron chi connectivity index (χ2n) is 6.84. The number of carbonyl (C=O) groups is 1. The Hall–Kier alpha value is -0.570. The number of nitrogens with one attached hydrogen (secondary N) is 1. The lowest BCUT2D eigenvalue weighted by molar-refractivity contribution is -0.128. The molecule has 0 saturated heterocycles. The minimum atomic E-state index is -0.818. The summed E-state index contributed by atoms with van der Waals surface area (Å²) in [6, 6.07) is 0. The van der Waals surface area contributed by atoms with Gasteiger partial charge in [-0.2, -0.15) is 0 Å². The zero-order chi connectivity index (χ0) is 13.9. The van der Waals surface area contributed by atoms with Crippen molar-refractivity contribution in [2.75, 3.05) is 6.54 Å². The molecule has 1 amide bonds. The summed E-state index contributed by atoms with van der Waals surface area (Å²) in [5.41, 5.74) is -0.818. The number of carbonyl (C=O) groups excluding carboxylic acids is 1. The lowest BCUT2D eigenvalue weighted by atomic mass is 9.76. The summed E-state index contributed by atoms with van der Waals surface area (Å²) in [4.78, 5) is 12.1. The predicted molar refractivity (Wildman–Crippen MR) is 74.1 cm³/mol. The van der Waals surface area contributed by atoms with Crippen molar-refractivity contribution in [1.29, 1.82) is 0 Å². The molecule has 1 saturated carbocycles. The molecule has 1 aliphatic carbocycles. The van der Waals surface area contributed by atoms with Crippen LogP contribution in [0.25, 0.3) is 0 Å². The molecule has 3 heteroatoms. The van der Waals surface area contributed by atoms with Crippen molar-refractivity contribution >= 4 is 5.91 Å². The van der Waals surface area contributed by atoms with Gasteiger partial charge in [0.2, 0.25) is 5.91 Å². The second kappa shape index (κ2) is 6.05. The summed E-state index contributed by atoms with van der Waals surface area (Å²) in [5, 5.41) is 13.1. The van der Waals surface area contributed by atoms with E-state index in [-0.39, 0.29) is 17.7 Å². The van der Waals surface area contributed by atoms with Gasteiger partial charge >= 0.3 is 0 Å². The topological polar surface area (TPSA) is 49.3 Å². The zero-order valence-corrected chi connectivity index (χ0v) is 12.5. The molecule has 1 fully saturated rings. The van der Waals surface area contributed by atoms with E-state index in [9.17, 15) is 9.90 Å². The lowest BCUT2D eigenvalue weighted by Crippen LogP contribution is -2.46. The van der Waals surface area contributed by atoms with Crippen molar-refractivity contribution in [3.8, 4) is 0 Å². The van der Waals surface area contributed by atoms with Crippen LogP contribution in [0.4, 0.5) is 0 Å². The summed E-state index contributed by atoms with van der Waals surface area (Å²) in [5.74, 6) is 1.66. The summed E-state index contributed by atoms with van der Waals surface area (Å²) < 4.78 is 0. The first-order valence-corrected chi connectivity index (χ1v) is 7.22. The molecule has 0 bridgehead atoms. The highest BCUT2D eigenvalue weighted by molar-refractivity contribution is 5.78. The molecular formula is C15H29NO2. The van der Waals surface area contributed by atoms with Crippen molar-refractivity contribution in [2.24, 2.45) is 23.7 Å². The Kier molecular flexibility index (Phi) is 5.20. The van der Waals surface area contributed by atoms with E-state index in [1.807, 2.05) is 13.8 Å². The number of aliphatic hydroxyl groups is 1. The SMILES string of the molecule is CC1CC(C)CC(C(=O)NCC(C)(O)C(C)C)C1. The largest absolute Gasteiger partial charge is 0.388 e. The van der Waals surface area contributed by atoms with E-state index in [1.165, 1.54) is 6.42 Å². The Labute approximate surface area is 111 Å². The first kappa shape index (κ1) is 15.5. The fourth-order valence-corrected chi connectivity index (χ4v) is 2.78. The van der Waals surface area contributed by atoms with Crippen LogP contribution in [0.1, 0.15) is 53.9 Å². The Morgan fingerprint density at radius 3 is 2.22 bits per heavy atom. The predicted octanol–water partition coefficient (Wildman–Crippen LogP) is 2.58. The standard InChI is InChI=1S/C15H29NO2/c1-10(2)15(5,18)9-16-14(17)13-7-11(3)6-12(4)8-13/h10-13,18H,6-9H2,1-5H3,(H,16,17). The third-order valence-corrected chi connectivity index (χ3v) is 4.41. The summed E-state index contributed by atoms with van der Waals surface area (Å²) in [7, 11) is 0. The number of amides is 1. The molecule has 0 heterocycles. The first-order chi connectivity index (χ1) is 8.22. The molecule has 18 heavy (non-hydrogen) atoms. The van der Waals surface area contributed by atoms with Crippen LogP contribution >= 0.6 is 0 Å². The molecule has 3 unspecified atom stereocenters. The lowest BCUT2D eigenvalue weighted by Gasteiger charge is -2.32. The highest BCUT2D eigenvalue weighted by atomic mass is 16.3. The molecule has 106 valence electrons. The zero-order valence-electron chi connectivity index (χ0n) is 12.5. The van der Waals surface area contributed by atoms with E-state index < -0.39 is 5.60 Å². The highest BCUT2D eigenvalue weighted by Crippen LogP contribution is 2.32. The summed E-state index contributed by atoms with van der Waals surface area (Å²) in [6.07, 6.45) is 3.20. The van der Waals surface area contributed by atoms with Gasteiger partial charge in [0.05, 0.1) is 5.60 Å². The van der Waals surface area contributed by atoms with E-state index in [1.54, 1.807) is 6.92 Å². The van der Waals surface area contributed by atoms with E-state index in [0.717, 1.165) is 12.8 Å². The van der Waals surface area contributed by atoms with Gasteiger partial charge in [-0.3, -0.25) is 4.79 Å². The van der Waals surface area contributed by atoms with Crippen LogP contribution in [-0.4, -0.2) is 23.2 Å². The quantitative estimate of drug-likeness (QED) is 0.811. The van der Waals surface area contributed by atoms with Crippen LogP contribution in [0, 0.1) is 23.7 Å². The Morgan fingerprint density at radius 2 is 1.78 bits per heavy atom. The minimum Gasteiger partial charge on any atom is -0.388 e. The number of hydrogen-bond donors (Lipinski definition) is 2. The van der Waals surface area contributed by atoms with Gasteiger partial charge in [0.25, 0.3) is 0 Å². The van der Waals surface area contributed by atoms with Gasteiger partial charge in [-0.25, -0.2) is 0 Å². The third-order valence-electron chi connectivity index (χ3n) is 4.41. The summed E-state index contributed by atoms with van der Waals surface area (Å²) in [6.45, 7) is 10.5. The first-order valence-electron chi connectivity index (χ1n) is 7.22.